The van der Waals surface area contributed by atoms with Gasteiger partial charge in [0.1, 0.15) is 11.5 Å². The van der Waals surface area contributed by atoms with E-state index in [0.717, 1.165) is 11.3 Å². The van der Waals surface area contributed by atoms with Gasteiger partial charge in [0.05, 0.1) is 12.4 Å². The summed E-state index contributed by atoms with van der Waals surface area (Å²) in [6.07, 6.45) is 3.03. The Morgan fingerprint density at radius 2 is 1.90 bits per heavy atom. The number of amides is 1. The SMILES string of the molecule is Cc1cccc(Nc2cnc(C(=O)NC(C)(C)C)cn2)c1. The summed E-state index contributed by atoms with van der Waals surface area (Å²) in [7, 11) is 0. The van der Waals surface area contributed by atoms with E-state index in [4.69, 9.17) is 0 Å². The molecule has 0 aliphatic rings. The zero-order valence-corrected chi connectivity index (χ0v) is 12.8. The summed E-state index contributed by atoms with van der Waals surface area (Å²) in [5, 5.41) is 6.00. The molecule has 0 aliphatic carbocycles. The second-order valence-corrected chi connectivity index (χ2v) is 5.99. The second-order valence-electron chi connectivity index (χ2n) is 5.99. The van der Waals surface area contributed by atoms with Crippen LogP contribution in [0.4, 0.5) is 11.5 Å². The highest BCUT2D eigenvalue weighted by atomic mass is 16.2. The lowest BCUT2D eigenvalue weighted by atomic mass is 10.1. The van der Waals surface area contributed by atoms with Crippen LogP contribution in [0.5, 0.6) is 0 Å². The molecule has 110 valence electrons. The maximum absolute atomic E-state index is 11.9. The number of anilines is 2. The van der Waals surface area contributed by atoms with Crippen LogP contribution in [-0.4, -0.2) is 21.4 Å². The average molecular weight is 284 g/mol. The molecule has 0 radical (unpaired) electrons. The van der Waals surface area contributed by atoms with Crippen LogP contribution in [0.25, 0.3) is 0 Å². The van der Waals surface area contributed by atoms with Crippen molar-refractivity contribution in [3.05, 3.63) is 47.9 Å². The number of nitrogens with zero attached hydrogens (tertiary/aromatic N) is 2. The molecule has 0 fully saturated rings. The lowest BCUT2D eigenvalue weighted by Gasteiger charge is -2.19. The first-order chi connectivity index (χ1) is 9.83. The van der Waals surface area contributed by atoms with Gasteiger partial charge in [-0.1, -0.05) is 12.1 Å². The number of benzene rings is 1. The van der Waals surface area contributed by atoms with Gasteiger partial charge in [0.25, 0.3) is 5.91 Å². The minimum absolute atomic E-state index is 0.225. The van der Waals surface area contributed by atoms with Crippen molar-refractivity contribution in [3.8, 4) is 0 Å². The minimum Gasteiger partial charge on any atom is -0.346 e. The summed E-state index contributed by atoms with van der Waals surface area (Å²) in [4.78, 5) is 20.3. The number of nitrogens with one attached hydrogen (secondary N) is 2. The normalized spacial score (nSPS) is 11.0. The molecule has 1 amide bonds. The Morgan fingerprint density at radius 3 is 2.48 bits per heavy atom. The van der Waals surface area contributed by atoms with Gasteiger partial charge in [-0.3, -0.25) is 4.79 Å². The zero-order chi connectivity index (χ0) is 15.5. The van der Waals surface area contributed by atoms with E-state index in [0.29, 0.717) is 11.5 Å². The summed E-state index contributed by atoms with van der Waals surface area (Å²) in [5.41, 5.74) is 2.11. The van der Waals surface area contributed by atoms with E-state index < -0.39 is 0 Å². The fraction of sp³-hybridized carbons (Fsp3) is 0.312. The first-order valence-corrected chi connectivity index (χ1v) is 6.82. The van der Waals surface area contributed by atoms with Crippen molar-refractivity contribution >= 4 is 17.4 Å². The van der Waals surface area contributed by atoms with Gasteiger partial charge in [-0.05, 0) is 45.4 Å². The monoisotopic (exact) mass is 284 g/mol. The lowest BCUT2D eigenvalue weighted by Crippen LogP contribution is -2.40. The lowest BCUT2D eigenvalue weighted by molar-refractivity contribution is 0.0914. The van der Waals surface area contributed by atoms with E-state index >= 15 is 0 Å². The van der Waals surface area contributed by atoms with Gasteiger partial charge < -0.3 is 10.6 Å². The van der Waals surface area contributed by atoms with Crippen LogP contribution in [-0.2, 0) is 0 Å². The highest BCUT2D eigenvalue weighted by molar-refractivity contribution is 5.92. The smallest absolute Gasteiger partial charge is 0.271 e. The molecule has 0 aliphatic heterocycles. The number of aromatic nitrogens is 2. The van der Waals surface area contributed by atoms with Crippen LogP contribution in [0.3, 0.4) is 0 Å². The van der Waals surface area contributed by atoms with Gasteiger partial charge in [0.2, 0.25) is 0 Å². The van der Waals surface area contributed by atoms with Crippen LogP contribution in [0.1, 0.15) is 36.8 Å². The van der Waals surface area contributed by atoms with Gasteiger partial charge in [0, 0.05) is 11.2 Å². The van der Waals surface area contributed by atoms with Crippen LogP contribution in [0.15, 0.2) is 36.7 Å². The molecule has 0 saturated heterocycles. The summed E-state index contributed by atoms with van der Waals surface area (Å²) >= 11 is 0. The van der Waals surface area contributed by atoms with Crippen LogP contribution in [0.2, 0.25) is 0 Å². The second kappa shape index (κ2) is 5.91. The molecule has 1 aromatic heterocycles. The Hall–Kier alpha value is -2.43. The third-order valence-corrected chi connectivity index (χ3v) is 2.66. The van der Waals surface area contributed by atoms with Gasteiger partial charge >= 0.3 is 0 Å². The number of carbonyl (C=O) groups is 1. The van der Waals surface area contributed by atoms with Crippen molar-refractivity contribution in [2.24, 2.45) is 0 Å². The Morgan fingerprint density at radius 1 is 1.14 bits per heavy atom. The number of hydrogen-bond donors (Lipinski definition) is 2. The molecule has 5 nitrogen and oxygen atoms in total. The Kier molecular flexibility index (Phi) is 4.21. The van der Waals surface area contributed by atoms with Gasteiger partial charge in [-0.25, -0.2) is 9.97 Å². The Balaban J connectivity index is 2.07. The molecule has 1 heterocycles. The van der Waals surface area contributed by atoms with E-state index in [2.05, 4.69) is 20.6 Å². The fourth-order valence-electron chi connectivity index (χ4n) is 1.79. The summed E-state index contributed by atoms with van der Waals surface area (Å²) in [6.45, 7) is 7.79. The largest absolute Gasteiger partial charge is 0.346 e. The van der Waals surface area contributed by atoms with Crippen molar-refractivity contribution in [2.75, 3.05) is 5.32 Å². The van der Waals surface area contributed by atoms with Crippen LogP contribution >= 0.6 is 0 Å². The molecule has 21 heavy (non-hydrogen) atoms. The first kappa shape index (κ1) is 15.0. The quantitative estimate of drug-likeness (QED) is 0.909. The van der Waals surface area contributed by atoms with Crippen molar-refractivity contribution < 1.29 is 4.79 Å². The minimum atomic E-state index is -0.294. The predicted octanol–water partition coefficient (Wildman–Crippen LogP) is 3.06. The van der Waals surface area contributed by atoms with Crippen molar-refractivity contribution in [1.82, 2.24) is 15.3 Å². The maximum Gasteiger partial charge on any atom is 0.271 e. The van der Waals surface area contributed by atoms with Crippen molar-refractivity contribution in [2.45, 2.75) is 33.2 Å². The highest BCUT2D eigenvalue weighted by Crippen LogP contribution is 2.15. The molecular formula is C16H20N4O. The molecule has 2 N–H and O–H groups in total. The number of rotatable bonds is 3. The van der Waals surface area contributed by atoms with E-state index in [-0.39, 0.29) is 11.4 Å². The zero-order valence-electron chi connectivity index (χ0n) is 12.8. The molecule has 0 bridgehead atoms. The third-order valence-electron chi connectivity index (χ3n) is 2.66. The van der Waals surface area contributed by atoms with Gasteiger partial charge in [-0.2, -0.15) is 0 Å². The van der Waals surface area contributed by atoms with E-state index in [1.54, 1.807) is 6.20 Å². The fourth-order valence-corrected chi connectivity index (χ4v) is 1.79. The number of hydrogen-bond acceptors (Lipinski definition) is 4. The number of aryl methyl sites for hydroxylation is 1. The molecule has 0 spiro atoms. The molecule has 0 saturated carbocycles. The maximum atomic E-state index is 11.9. The molecule has 0 unspecified atom stereocenters. The predicted molar refractivity (Wildman–Crippen MR) is 83.7 cm³/mol. The van der Waals surface area contributed by atoms with Gasteiger partial charge in [-0.15, -0.1) is 0 Å². The standard InChI is InChI=1S/C16H20N4O/c1-11-6-5-7-12(8-11)19-14-10-17-13(9-18-14)15(21)20-16(2,3)4/h5-10H,1-4H3,(H,18,19)(H,20,21). The van der Waals surface area contributed by atoms with Crippen LogP contribution < -0.4 is 10.6 Å². The summed E-state index contributed by atoms with van der Waals surface area (Å²) in [6, 6.07) is 7.96. The molecule has 1 aromatic carbocycles. The average Bonchev–Trinajstić information content (AvgIpc) is 2.37. The van der Waals surface area contributed by atoms with E-state index in [1.165, 1.54) is 6.20 Å². The highest BCUT2D eigenvalue weighted by Gasteiger charge is 2.16. The van der Waals surface area contributed by atoms with Crippen molar-refractivity contribution in [1.29, 1.82) is 0 Å². The Bertz CT molecular complexity index is 629. The van der Waals surface area contributed by atoms with Gasteiger partial charge in [0.15, 0.2) is 0 Å². The summed E-state index contributed by atoms with van der Waals surface area (Å²) in [5.74, 6) is 0.380. The summed E-state index contributed by atoms with van der Waals surface area (Å²) < 4.78 is 0. The van der Waals surface area contributed by atoms with Crippen molar-refractivity contribution in [3.63, 3.8) is 0 Å². The molecular weight excluding hydrogens is 264 g/mol. The first-order valence-electron chi connectivity index (χ1n) is 6.82. The Labute approximate surface area is 124 Å². The topological polar surface area (TPSA) is 66.9 Å². The molecule has 0 atom stereocenters. The van der Waals surface area contributed by atoms with E-state index in [1.807, 2.05) is 52.0 Å². The third kappa shape index (κ3) is 4.56. The molecule has 5 heteroatoms. The molecule has 2 rings (SSSR count). The molecule has 2 aromatic rings. The number of carbonyl (C=O) groups excluding carboxylic acids is 1. The van der Waals surface area contributed by atoms with E-state index in [9.17, 15) is 4.79 Å². The van der Waals surface area contributed by atoms with Crippen LogP contribution in [0, 0.1) is 6.92 Å².